The average Bonchev–Trinajstić information content (AvgIpc) is 2.78. The highest BCUT2D eigenvalue weighted by Gasteiger charge is 2.37. The highest BCUT2D eigenvalue weighted by Crippen LogP contribution is 2.25. The van der Waals surface area contributed by atoms with E-state index < -0.39 is 10.0 Å². The Morgan fingerprint density at radius 3 is 2.36 bits per heavy atom. The molecule has 2 heterocycles. The van der Waals surface area contributed by atoms with E-state index in [2.05, 4.69) is 50.8 Å². The minimum atomic E-state index is -3.12. The highest BCUT2D eigenvalue weighted by molar-refractivity contribution is 7.88. The lowest BCUT2D eigenvalue weighted by Crippen LogP contribution is -2.59. The standard InChI is InChI=1S/C15H28N4O2S/c1-14(2,3)19-11-13(9-16-19)10-17-7-8-18(22(6,20)21)12-15(17,4)5/h9,11H,7-8,10,12H2,1-6H3. The van der Waals surface area contributed by atoms with Gasteiger partial charge in [0.05, 0.1) is 18.0 Å². The molecule has 1 aromatic rings. The molecule has 1 aliphatic rings. The highest BCUT2D eigenvalue weighted by atomic mass is 32.2. The zero-order chi connectivity index (χ0) is 16.8. The molecular formula is C15H28N4O2S. The maximum Gasteiger partial charge on any atom is 0.211 e. The molecule has 0 spiro atoms. The molecule has 7 heteroatoms. The third-order valence-corrected chi connectivity index (χ3v) is 5.45. The molecule has 1 saturated heterocycles. The van der Waals surface area contributed by atoms with Crippen molar-refractivity contribution in [3.63, 3.8) is 0 Å². The molecule has 0 saturated carbocycles. The fourth-order valence-corrected chi connectivity index (χ4v) is 3.71. The first kappa shape index (κ1) is 17.4. The van der Waals surface area contributed by atoms with Crippen LogP contribution in [0.5, 0.6) is 0 Å². The summed E-state index contributed by atoms with van der Waals surface area (Å²) in [4.78, 5) is 2.33. The largest absolute Gasteiger partial charge is 0.291 e. The Hall–Kier alpha value is -0.920. The second-order valence-corrected chi connectivity index (χ2v) is 9.78. The van der Waals surface area contributed by atoms with Crippen LogP contribution in [-0.4, -0.2) is 58.8 Å². The summed E-state index contributed by atoms with van der Waals surface area (Å²) in [7, 11) is -3.12. The van der Waals surface area contributed by atoms with Gasteiger partial charge in [0, 0.05) is 43.5 Å². The first-order chi connectivity index (χ1) is 9.89. The molecule has 1 aromatic heterocycles. The SMILES string of the molecule is CC1(C)CN(S(C)(=O)=O)CCN1Cc1cnn(C(C)(C)C)c1. The van der Waals surface area contributed by atoms with Gasteiger partial charge in [-0.15, -0.1) is 0 Å². The Morgan fingerprint density at radius 2 is 1.91 bits per heavy atom. The van der Waals surface area contributed by atoms with Gasteiger partial charge in [0.1, 0.15) is 0 Å². The Labute approximate surface area is 134 Å². The fraction of sp³-hybridized carbons (Fsp3) is 0.800. The van der Waals surface area contributed by atoms with Gasteiger partial charge in [-0.05, 0) is 34.6 Å². The molecule has 0 unspecified atom stereocenters. The lowest BCUT2D eigenvalue weighted by molar-refractivity contribution is 0.0475. The van der Waals surface area contributed by atoms with E-state index in [0.717, 1.165) is 18.7 Å². The van der Waals surface area contributed by atoms with Crippen molar-refractivity contribution < 1.29 is 8.42 Å². The normalized spacial score (nSPS) is 21.2. The summed E-state index contributed by atoms with van der Waals surface area (Å²) in [5.74, 6) is 0. The van der Waals surface area contributed by atoms with Crippen LogP contribution < -0.4 is 0 Å². The van der Waals surface area contributed by atoms with E-state index in [9.17, 15) is 8.42 Å². The quantitative estimate of drug-likeness (QED) is 0.843. The molecule has 0 aromatic carbocycles. The van der Waals surface area contributed by atoms with Crippen LogP contribution in [-0.2, 0) is 22.1 Å². The Bertz CT molecular complexity index is 628. The van der Waals surface area contributed by atoms with Crippen molar-refractivity contribution >= 4 is 10.0 Å². The van der Waals surface area contributed by atoms with Gasteiger partial charge >= 0.3 is 0 Å². The van der Waals surface area contributed by atoms with Crippen molar-refractivity contribution in [2.75, 3.05) is 25.9 Å². The molecule has 126 valence electrons. The molecule has 0 amide bonds. The molecule has 0 bridgehead atoms. The van der Waals surface area contributed by atoms with Crippen molar-refractivity contribution in [1.29, 1.82) is 0 Å². The van der Waals surface area contributed by atoms with E-state index in [1.165, 1.54) is 6.26 Å². The smallest absolute Gasteiger partial charge is 0.211 e. The Balaban J connectivity index is 2.09. The van der Waals surface area contributed by atoms with Gasteiger partial charge in [0.15, 0.2) is 0 Å². The number of hydrogen-bond acceptors (Lipinski definition) is 4. The number of rotatable bonds is 3. The molecule has 6 nitrogen and oxygen atoms in total. The number of nitrogens with zero attached hydrogens (tertiary/aromatic N) is 4. The van der Waals surface area contributed by atoms with Crippen LogP contribution in [0.25, 0.3) is 0 Å². The third kappa shape index (κ3) is 3.88. The van der Waals surface area contributed by atoms with Crippen LogP contribution in [0.3, 0.4) is 0 Å². The number of hydrogen-bond donors (Lipinski definition) is 0. The van der Waals surface area contributed by atoms with Crippen molar-refractivity contribution in [2.24, 2.45) is 0 Å². The van der Waals surface area contributed by atoms with E-state index >= 15 is 0 Å². The summed E-state index contributed by atoms with van der Waals surface area (Å²) in [6, 6.07) is 0. The number of sulfonamides is 1. The van der Waals surface area contributed by atoms with Crippen LogP contribution in [0.2, 0.25) is 0 Å². The molecule has 1 aliphatic heterocycles. The summed E-state index contributed by atoms with van der Waals surface area (Å²) in [5.41, 5.74) is 0.948. The Kier molecular flexibility index (Phi) is 4.45. The predicted octanol–water partition coefficient (Wildman–Crippen LogP) is 1.49. The van der Waals surface area contributed by atoms with Crippen LogP contribution >= 0.6 is 0 Å². The fourth-order valence-electron chi connectivity index (χ4n) is 2.75. The first-order valence-corrected chi connectivity index (χ1v) is 9.49. The Morgan fingerprint density at radius 1 is 1.27 bits per heavy atom. The summed E-state index contributed by atoms with van der Waals surface area (Å²) in [6.07, 6.45) is 5.27. The molecule has 22 heavy (non-hydrogen) atoms. The van der Waals surface area contributed by atoms with Gasteiger partial charge in [-0.2, -0.15) is 9.40 Å². The van der Waals surface area contributed by atoms with Gasteiger partial charge < -0.3 is 0 Å². The molecule has 2 rings (SSSR count). The van der Waals surface area contributed by atoms with E-state index in [4.69, 9.17) is 0 Å². The molecular weight excluding hydrogens is 300 g/mol. The first-order valence-electron chi connectivity index (χ1n) is 7.64. The zero-order valence-electron chi connectivity index (χ0n) is 14.5. The monoisotopic (exact) mass is 328 g/mol. The summed E-state index contributed by atoms with van der Waals surface area (Å²) >= 11 is 0. The molecule has 0 radical (unpaired) electrons. The van der Waals surface area contributed by atoms with Gasteiger partial charge in [0.25, 0.3) is 0 Å². The lowest BCUT2D eigenvalue weighted by Gasteiger charge is -2.46. The van der Waals surface area contributed by atoms with E-state index in [1.54, 1.807) is 4.31 Å². The van der Waals surface area contributed by atoms with Crippen LogP contribution in [0.15, 0.2) is 12.4 Å². The second kappa shape index (κ2) is 5.62. The van der Waals surface area contributed by atoms with Crippen molar-refractivity contribution in [1.82, 2.24) is 19.0 Å². The van der Waals surface area contributed by atoms with E-state index in [-0.39, 0.29) is 11.1 Å². The van der Waals surface area contributed by atoms with Crippen LogP contribution in [0, 0.1) is 0 Å². The third-order valence-electron chi connectivity index (χ3n) is 4.20. The number of aromatic nitrogens is 2. The predicted molar refractivity (Wildman–Crippen MR) is 88.1 cm³/mol. The van der Waals surface area contributed by atoms with E-state index in [1.807, 2.05) is 10.9 Å². The zero-order valence-corrected chi connectivity index (χ0v) is 15.3. The van der Waals surface area contributed by atoms with Crippen molar-refractivity contribution in [3.8, 4) is 0 Å². The van der Waals surface area contributed by atoms with Gasteiger partial charge in [-0.1, -0.05) is 0 Å². The maximum absolute atomic E-state index is 11.7. The van der Waals surface area contributed by atoms with Gasteiger partial charge in [0.2, 0.25) is 10.0 Å². The summed E-state index contributed by atoms with van der Waals surface area (Å²) < 4.78 is 27.0. The maximum atomic E-state index is 11.7. The number of piperazine rings is 1. The minimum Gasteiger partial charge on any atom is -0.291 e. The molecule has 0 aliphatic carbocycles. The summed E-state index contributed by atoms with van der Waals surface area (Å²) in [5, 5.41) is 4.44. The van der Waals surface area contributed by atoms with Crippen molar-refractivity contribution in [2.45, 2.75) is 52.2 Å². The minimum absolute atomic E-state index is 0.0250. The van der Waals surface area contributed by atoms with Crippen LogP contribution in [0.4, 0.5) is 0 Å². The molecule has 1 fully saturated rings. The average molecular weight is 328 g/mol. The van der Waals surface area contributed by atoms with Crippen molar-refractivity contribution in [3.05, 3.63) is 18.0 Å². The molecule has 0 atom stereocenters. The summed E-state index contributed by atoms with van der Waals surface area (Å²) in [6.45, 7) is 13.2. The topological polar surface area (TPSA) is 58.4 Å². The molecule has 0 N–H and O–H groups in total. The lowest BCUT2D eigenvalue weighted by atomic mass is 9.99. The van der Waals surface area contributed by atoms with Gasteiger partial charge in [-0.3, -0.25) is 9.58 Å². The van der Waals surface area contributed by atoms with Gasteiger partial charge in [-0.25, -0.2) is 8.42 Å². The van der Waals surface area contributed by atoms with Crippen LogP contribution in [0.1, 0.15) is 40.2 Å². The second-order valence-electron chi connectivity index (χ2n) is 7.79. The van der Waals surface area contributed by atoms with E-state index in [0.29, 0.717) is 13.1 Å².